The Labute approximate surface area is 171 Å². The van der Waals surface area contributed by atoms with Crippen LogP contribution in [-0.4, -0.2) is 29.2 Å². The third-order valence-corrected chi connectivity index (χ3v) is 5.37. The lowest BCUT2D eigenvalue weighted by Gasteiger charge is -2.32. The Bertz CT molecular complexity index is 1000. The quantitative estimate of drug-likeness (QED) is 0.711. The molecule has 1 amide bonds. The van der Waals surface area contributed by atoms with Gasteiger partial charge in [0.1, 0.15) is 0 Å². The molecule has 0 spiro atoms. The largest absolute Gasteiger partial charge is 0.354 e. The number of rotatable bonds is 4. The van der Waals surface area contributed by atoms with Crippen molar-refractivity contribution in [1.29, 1.82) is 0 Å². The van der Waals surface area contributed by atoms with Crippen molar-refractivity contribution in [1.82, 2.24) is 10.2 Å². The maximum Gasteiger partial charge on any atom is 0.229 e. The van der Waals surface area contributed by atoms with E-state index < -0.39 is 0 Å². The van der Waals surface area contributed by atoms with Crippen molar-refractivity contribution in [2.75, 3.05) is 23.3 Å². The molecule has 1 aliphatic heterocycles. The molecule has 148 valence electrons. The summed E-state index contributed by atoms with van der Waals surface area (Å²) in [5.74, 6) is 0.849. The number of hydrogen-bond donors (Lipinski definition) is 1. The normalized spacial score (nSPS) is 16.5. The summed E-state index contributed by atoms with van der Waals surface area (Å²) in [6, 6.07) is 20.2. The highest BCUT2D eigenvalue weighted by molar-refractivity contribution is 5.93. The van der Waals surface area contributed by atoms with Gasteiger partial charge >= 0.3 is 0 Å². The molecule has 0 saturated carbocycles. The van der Waals surface area contributed by atoms with Crippen LogP contribution in [0.4, 0.5) is 11.5 Å². The molecule has 4 rings (SSSR count). The number of benzene rings is 2. The molecule has 1 atom stereocenters. The number of piperidine rings is 1. The van der Waals surface area contributed by atoms with Crippen molar-refractivity contribution in [3.05, 3.63) is 71.8 Å². The molecule has 1 saturated heterocycles. The minimum absolute atomic E-state index is 0.0532. The van der Waals surface area contributed by atoms with E-state index in [0.29, 0.717) is 6.54 Å². The summed E-state index contributed by atoms with van der Waals surface area (Å²) in [4.78, 5) is 14.9. The van der Waals surface area contributed by atoms with Crippen LogP contribution < -0.4 is 10.2 Å². The van der Waals surface area contributed by atoms with Crippen LogP contribution in [0.25, 0.3) is 11.3 Å². The van der Waals surface area contributed by atoms with Crippen molar-refractivity contribution < 1.29 is 4.79 Å². The molecule has 0 aliphatic carbocycles. The first-order valence-electron chi connectivity index (χ1n) is 10.1. The van der Waals surface area contributed by atoms with Gasteiger partial charge in [-0.05, 0) is 62.6 Å². The number of carbonyl (C=O) groups is 1. The summed E-state index contributed by atoms with van der Waals surface area (Å²) in [6.45, 7) is 5.65. The van der Waals surface area contributed by atoms with E-state index in [2.05, 4.69) is 39.5 Å². The van der Waals surface area contributed by atoms with Gasteiger partial charge in [-0.3, -0.25) is 4.79 Å². The molecule has 0 bridgehead atoms. The zero-order valence-electron chi connectivity index (χ0n) is 16.9. The molecule has 5 nitrogen and oxygen atoms in total. The van der Waals surface area contributed by atoms with Crippen LogP contribution in [-0.2, 0) is 4.79 Å². The van der Waals surface area contributed by atoms with Gasteiger partial charge in [-0.25, -0.2) is 0 Å². The molecule has 29 heavy (non-hydrogen) atoms. The summed E-state index contributed by atoms with van der Waals surface area (Å²) in [7, 11) is 0. The van der Waals surface area contributed by atoms with Crippen molar-refractivity contribution in [2.24, 2.45) is 5.92 Å². The van der Waals surface area contributed by atoms with Gasteiger partial charge in [0.15, 0.2) is 5.82 Å². The van der Waals surface area contributed by atoms with Crippen LogP contribution in [0.5, 0.6) is 0 Å². The zero-order chi connectivity index (χ0) is 20.2. The molecule has 3 aromatic rings. The monoisotopic (exact) mass is 386 g/mol. The van der Waals surface area contributed by atoms with Crippen LogP contribution in [0, 0.1) is 19.8 Å². The minimum atomic E-state index is -0.0532. The van der Waals surface area contributed by atoms with Gasteiger partial charge in [-0.2, -0.15) is 0 Å². The molecule has 1 aliphatic rings. The van der Waals surface area contributed by atoms with Gasteiger partial charge in [0.05, 0.1) is 11.6 Å². The lowest BCUT2D eigenvalue weighted by atomic mass is 9.97. The average Bonchev–Trinajstić information content (AvgIpc) is 2.74. The van der Waals surface area contributed by atoms with E-state index in [0.717, 1.165) is 47.7 Å². The molecule has 1 N–H and O–H groups in total. The molecule has 0 unspecified atom stereocenters. The highest BCUT2D eigenvalue weighted by Crippen LogP contribution is 2.24. The van der Waals surface area contributed by atoms with Crippen LogP contribution in [0.15, 0.2) is 60.7 Å². The molecule has 2 aromatic carbocycles. The first kappa shape index (κ1) is 19.1. The van der Waals surface area contributed by atoms with E-state index >= 15 is 0 Å². The highest BCUT2D eigenvalue weighted by Gasteiger charge is 2.26. The van der Waals surface area contributed by atoms with Gasteiger partial charge in [0, 0.05) is 24.3 Å². The van der Waals surface area contributed by atoms with Crippen LogP contribution >= 0.6 is 0 Å². The maximum atomic E-state index is 12.8. The van der Waals surface area contributed by atoms with E-state index in [9.17, 15) is 4.79 Å². The highest BCUT2D eigenvalue weighted by atomic mass is 16.1. The summed E-state index contributed by atoms with van der Waals surface area (Å²) >= 11 is 0. The van der Waals surface area contributed by atoms with Crippen molar-refractivity contribution in [2.45, 2.75) is 26.7 Å². The van der Waals surface area contributed by atoms with Crippen molar-refractivity contribution in [3.8, 4) is 11.3 Å². The van der Waals surface area contributed by atoms with Gasteiger partial charge in [0.25, 0.3) is 0 Å². The zero-order valence-corrected chi connectivity index (χ0v) is 16.9. The number of carbonyl (C=O) groups excluding carboxylic acids is 1. The lowest BCUT2D eigenvalue weighted by Crippen LogP contribution is -2.41. The van der Waals surface area contributed by atoms with Crippen molar-refractivity contribution in [3.63, 3.8) is 0 Å². The first-order valence-corrected chi connectivity index (χ1v) is 10.1. The predicted molar refractivity (Wildman–Crippen MR) is 117 cm³/mol. The fraction of sp³-hybridized carbons (Fsp3) is 0.292. The van der Waals surface area contributed by atoms with E-state index in [4.69, 9.17) is 0 Å². The Balaban J connectivity index is 1.43. The van der Waals surface area contributed by atoms with Gasteiger partial charge < -0.3 is 10.2 Å². The Morgan fingerprint density at radius 2 is 1.79 bits per heavy atom. The van der Waals surface area contributed by atoms with Crippen molar-refractivity contribution >= 4 is 17.4 Å². The fourth-order valence-electron chi connectivity index (χ4n) is 3.82. The predicted octanol–water partition coefficient (Wildman–Crippen LogP) is 4.62. The molecule has 0 radical (unpaired) electrons. The standard InChI is InChI=1S/C24H26N4O/c1-17-6-3-8-19(14-17)22-11-12-23(27-26-22)28-13-5-9-20(16-28)24(29)25-21-10-4-7-18(2)15-21/h3-4,6-8,10-12,14-15,20H,5,9,13,16H2,1-2H3,(H,25,29)/t20-/m1/s1. The summed E-state index contributed by atoms with van der Waals surface area (Å²) in [6.07, 6.45) is 1.86. The third-order valence-electron chi connectivity index (χ3n) is 5.37. The second kappa shape index (κ2) is 8.43. The van der Waals surface area contributed by atoms with E-state index in [-0.39, 0.29) is 11.8 Å². The number of nitrogens with one attached hydrogen (secondary N) is 1. The SMILES string of the molecule is Cc1cccc(NC(=O)[C@@H]2CCCN(c3ccc(-c4cccc(C)c4)nn3)C2)c1. The topological polar surface area (TPSA) is 58.1 Å². The summed E-state index contributed by atoms with van der Waals surface area (Å²) < 4.78 is 0. The number of nitrogens with zero attached hydrogens (tertiary/aromatic N) is 3. The number of aryl methyl sites for hydroxylation is 2. The number of anilines is 2. The van der Waals surface area contributed by atoms with Crippen LogP contribution in [0.2, 0.25) is 0 Å². The average molecular weight is 386 g/mol. The van der Waals surface area contributed by atoms with E-state index in [1.807, 2.05) is 55.5 Å². The number of hydrogen-bond acceptors (Lipinski definition) is 4. The Morgan fingerprint density at radius 1 is 1.00 bits per heavy atom. The molecule has 1 fully saturated rings. The summed E-state index contributed by atoms with van der Waals surface area (Å²) in [5, 5.41) is 11.9. The number of amides is 1. The van der Waals surface area contributed by atoms with Crippen LogP contribution in [0.1, 0.15) is 24.0 Å². The molecule has 1 aromatic heterocycles. The Hall–Kier alpha value is -3.21. The second-order valence-corrected chi connectivity index (χ2v) is 7.79. The molecular weight excluding hydrogens is 360 g/mol. The smallest absolute Gasteiger partial charge is 0.229 e. The van der Waals surface area contributed by atoms with Gasteiger partial charge in [0.2, 0.25) is 5.91 Å². The minimum Gasteiger partial charge on any atom is -0.354 e. The maximum absolute atomic E-state index is 12.8. The fourth-order valence-corrected chi connectivity index (χ4v) is 3.82. The Morgan fingerprint density at radius 3 is 2.52 bits per heavy atom. The summed E-state index contributed by atoms with van der Waals surface area (Å²) in [5.41, 5.74) is 5.12. The van der Waals surface area contributed by atoms with E-state index in [1.54, 1.807) is 0 Å². The number of aromatic nitrogens is 2. The lowest BCUT2D eigenvalue weighted by molar-refractivity contribution is -0.120. The molecule has 2 heterocycles. The molecular formula is C24H26N4O. The van der Waals surface area contributed by atoms with Gasteiger partial charge in [-0.1, -0.05) is 35.9 Å². The molecule has 5 heteroatoms. The Kier molecular flexibility index (Phi) is 5.56. The van der Waals surface area contributed by atoms with Gasteiger partial charge in [-0.15, -0.1) is 10.2 Å². The third kappa shape index (κ3) is 4.62. The van der Waals surface area contributed by atoms with Crippen LogP contribution in [0.3, 0.4) is 0 Å². The second-order valence-electron chi connectivity index (χ2n) is 7.79. The van der Waals surface area contributed by atoms with E-state index in [1.165, 1.54) is 5.56 Å². The first-order chi connectivity index (χ1) is 14.1.